The van der Waals surface area contributed by atoms with Crippen LogP contribution in [0.4, 0.5) is 20.3 Å². The van der Waals surface area contributed by atoms with Gasteiger partial charge in [0, 0.05) is 23.4 Å². The number of halogens is 3. The largest absolute Gasteiger partial charge is 0.340 e. The first kappa shape index (κ1) is 18.3. The smallest absolute Gasteiger partial charge is 0.254 e. The van der Waals surface area contributed by atoms with Gasteiger partial charge in [-0.15, -0.1) is 5.10 Å². The van der Waals surface area contributed by atoms with E-state index in [1.54, 1.807) is 16.6 Å². The summed E-state index contributed by atoms with van der Waals surface area (Å²) in [5.74, 6) is 0.802. The van der Waals surface area contributed by atoms with Gasteiger partial charge in [-0.3, -0.25) is 0 Å². The fraction of sp³-hybridized carbons (Fsp3) is 0.150. The van der Waals surface area contributed by atoms with Crippen LogP contribution in [0.15, 0.2) is 42.5 Å². The lowest BCUT2D eigenvalue weighted by Gasteiger charge is -2.12. The van der Waals surface area contributed by atoms with Crippen molar-refractivity contribution in [2.75, 3.05) is 5.32 Å². The van der Waals surface area contributed by atoms with Crippen molar-refractivity contribution in [1.82, 2.24) is 19.6 Å². The molecule has 0 aliphatic heterocycles. The molecule has 0 saturated heterocycles. The van der Waals surface area contributed by atoms with E-state index in [-0.39, 0.29) is 10.8 Å². The molecule has 0 atom stereocenters. The second-order valence-corrected chi connectivity index (χ2v) is 6.88. The van der Waals surface area contributed by atoms with Crippen LogP contribution < -0.4 is 5.32 Å². The second kappa shape index (κ2) is 7.16. The van der Waals surface area contributed by atoms with E-state index in [0.717, 1.165) is 16.8 Å². The number of aryl methyl sites for hydroxylation is 1. The third-order valence-corrected chi connectivity index (χ3v) is 4.73. The predicted octanol–water partition coefficient (Wildman–Crippen LogP) is 5.01. The van der Waals surface area contributed by atoms with Crippen molar-refractivity contribution < 1.29 is 8.78 Å². The number of hydrogen-bond acceptors (Lipinski definition) is 4. The first-order valence-electron chi connectivity index (χ1n) is 8.60. The summed E-state index contributed by atoms with van der Waals surface area (Å²) >= 11 is 5.88. The maximum absolute atomic E-state index is 13.4. The van der Waals surface area contributed by atoms with Crippen LogP contribution in [0, 0.1) is 25.5 Å². The first-order chi connectivity index (χ1) is 13.4. The van der Waals surface area contributed by atoms with E-state index in [1.165, 1.54) is 24.3 Å². The Morgan fingerprint density at radius 1 is 1.07 bits per heavy atom. The number of fused-ring (bicyclic) bond motifs is 1. The summed E-state index contributed by atoms with van der Waals surface area (Å²) < 4.78 is 28.5. The van der Waals surface area contributed by atoms with Gasteiger partial charge in [0.2, 0.25) is 0 Å². The summed E-state index contributed by atoms with van der Waals surface area (Å²) in [5, 5.41) is 7.77. The number of aromatic nitrogens is 4. The Hall–Kier alpha value is -3.06. The van der Waals surface area contributed by atoms with Crippen LogP contribution in [0.25, 0.3) is 5.78 Å². The van der Waals surface area contributed by atoms with Crippen LogP contribution >= 0.6 is 11.6 Å². The molecule has 0 spiro atoms. The van der Waals surface area contributed by atoms with Crippen LogP contribution in [-0.4, -0.2) is 19.6 Å². The molecule has 0 saturated carbocycles. The van der Waals surface area contributed by atoms with E-state index in [1.807, 2.05) is 19.9 Å². The standard InChI is InChI=1S/C20H16ClF2N5/c1-11-12(2)24-20-26-18(9-13-4-3-5-14(22)8-13)27-28(20)19(11)25-15-6-7-17(23)16(21)10-15/h3-8,10,25H,9H2,1-2H3. The Labute approximate surface area is 165 Å². The van der Waals surface area contributed by atoms with Gasteiger partial charge in [0.25, 0.3) is 5.78 Å². The Morgan fingerprint density at radius 2 is 1.89 bits per heavy atom. The minimum absolute atomic E-state index is 0.0232. The van der Waals surface area contributed by atoms with E-state index in [4.69, 9.17) is 11.6 Å². The maximum atomic E-state index is 13.4. The Kier molecular flexibility index (Phi) is 4.68. The zero-order valence-electron chi connectivity index (χ0n) is 15.2. The van der Waals surface area contributed by atoms with Crippen LogP contribution in [0.2, 0.25) is 5.02 Å². The molecular formula is C20H16ClF2N5. The van der Waals surface area contributed by atoms with E-state index in [0.29, 0.717) is 29.5 Å². The lowest BCUT2D eigenvalue weighted by atomic mass is 10.1. The topological polar surface area (TPSA) is 55.1 Å². The average molecular weight is 400 g/mol. The number of nitrogens with zero attached hydrogens (tertiary/aromatic N) is 4. The highest BCUT2D eigenvalue weighted by molar-refractivity contribution is 6.31. The van der Waals surface area contributed by atoms with Crippen LogP contribution in [0.5, 0.6) is 0 Å². The molecule has 1 N–H and O–H groups in total. The molecule has 5 nitrogen and oxygen atoms in total. The number of nitrogens with one attached hydrogen (secondary N) is 1. The Balaban J connectivity index is 1.75. The minimum atomic E-state index is -0.488. The Bertz CT molecular complexity index is 1190. The average Bonchev–Trinajstić information content (AvgIpc) is 3.04. The lowest BCUT2D eigenvalue weighted by molar-refractivity contribution is 0.625. The van der Waals surface area contributed by atoms with Crippen molar-refractivity contribution in [2.45, 2.75) is 20.3 Å². The minimum Gasteiger partial charge on any atom is -0.340 e. The quantitative estimate of drug-likeness (QED) is 0.524. The molecule has 2 heterocycles. The van der Waals surface area contributed by atoms with Crippen molar-refractivity contribution in [3.8, 4) is 0 Å². The van der Waals surface area contributed by atoms with Crippen LogP contribution in [-0.2, 0) is 6.42 Å². The molecule has 8 heteroatoms. The molecule has 0 bridgehead atoms. The first-order valence-corrected chi connectivity index (χ1v) is 8.98. The summed E-state index contributed by atoms with van der Waals surface area (Å²) in [4.78, 5) is 8.94. The maximum Gasteiger partial charge on any atom is 0.254 e. The molecule has 2 aromatic heterocycles. The molecule has 0 aliphatic rings. The van der Waals surface area contributed by atoms with Crippen molar-refractivity contribution in [3.63, 3.8) is 0 Å². The van der Waals surface area contributed by atoms with Gasteiger partial charge in [-0.05, 0) is 49.7 Å². The van der Waals surface area contributed by atoms with Gasteiger partial charge in [-0.25, -0.2) is 13.8 Å². The molecule has 4 rings (SSSR count). The van der Waals surface area contributed by atoms with Gasteiger partial charge in [0.05, 0.1) is 5.02 Å². The fourth-order valence-corrected chi connectivity index (χ4v) is 3.07. The summed E-state index contributed by atoms with van der Waals surface area (Å²) in [6.45, 7) is 3.78. The van der Waals surface area contributed by atoms with Crippen molar-refractivity contribution in [3.05, 3.63) is 81.8 Å². The van der Waals surface area contributed by atoms with Crippen molar-refractivity contribution in [1.29, 1.82) is 0 Å². The van der Waals surface area contributed by atoms with Gasteiger partial charge >= 0.3 is 0 Å². The molecule has 0 fully saturated rings. The number of hydrogen-bond donors (Lipinski definition) is 1. The predicted molar refractivity (Wildman–Crippen MR) is 104 cm³/mol. The van der Waals surface area contributed by atoms with Crippen LogP contribution in [0.1, 0.15) is 22.6 Å². The van der Waals surface area contributed by atoms with Crippen LogP contribution in [0.3, 0.4) is 0 Å². The zero-order valence-corrected chi connectivity index (χ0v) is 15.9. The summed E-state index contributed by atoms with van der Waals surface area (Å²) in [6, 6.07) is 10.7. The molecule has 0 aliphatic carbocycles. The van der Waals surface area contributed by atoms with E-state index >= 15 is 0 Å². The third kappa shape index (κ3) is 3.53. The number of benzene rings is 2. The summed E-state index contributed by atoms with van der Waals surface area (Å²) in [6.07, 6.45) is 0.376. The lowest BCUT2D eigenvalue weighted by Crippen LogP contribution is -2.06. The SMILES string of the molecule is Cc1nc2nc(Cc3cccc(F)c3)nn2c(Nc2ccc(F)c(Cl)c2)c1C. The van der Waals surface area contributed by atoms with Crippen molar-refractivity contribution >= 4 is 28.9 Å². The molecule has 142 valence electrons. The third-order valence-electron chi connectivity index (χ3n) is 4.44. The normalized spacial score (nSPS) is 11.2. The highest BCUT2D eigenvalue weighted by Crippen LogP contribution is 2.26. The molecule has 28 heavy (non-hydrogen) atoms. The Morgan fingerprint density at radius 3 is 2.64 bits per heavy atom. The fourth-order valence-electron chi connectivity index (χ4n) is 2.89. The molecule has 4 aromatic rings. The monoisotopic (exact) mass is 399 g/mol. The van der Waals surface area contributed by atoms with Crippen molar-refractivity contribution in [2.24, 2.45) is 0 Å². The summed E-state index contributed by atoms with van der Waals surface area (Å²) in [5.41, 5.74) is 3.04. The van der Waals surface area contributed by atoms with Gasteiger partial charge in [0.15, 0.2) is 5.82 Å². The molecule has 2 aromatic carbocycles. The summed E-state index contributed by atoms with van der Waals surface area (Å²) in [7, 11) is 0. The number of rotatable bonds is 4. The van der Waals surface area contributed by atoms with Gasteiger partial charge in [-0.1, -0.05) is 23.7 Å². The zero-order chi connectivity index (χ0) is 19.8. The van der Waals surface area contributed by atoms with E-state index in [2.05, 4.69) is 20.4 Å². The van der Waals surface area contributed by atoms with Gasteiger partial charge in [0.1, 0.15) is 17.5 Å². The van der Waals surface area contributed by atoms with Gasteiger partial charge < -0.3 is 5.32 Å². The molecule has 0 radical (unpaired) electrons. The second-order valence-electron chi connectivity index (χ2n) is 6.47. The highest BCUT2D eigenvalue weighted by atomic mass is 35.5. The molecule has 0 amide bonds. The highest BCUT2D eigenvalue weighted by Gasteiger charge is 2.15. The van der Waals surface area contributed by atoms with E-state index in [9.17, 15) is 8.78 Å². The van der Waals surface area contributed by atoms with E-state index < -0.39 is 5.82 Å². The molecular weight excluding hydrogens is 384 g/mol. The van der Waals surface area contributed by atoms with Gasteiger partial charge in [-0.2, -0.15) is 9.50 Å². The molecule has 0 unspecified atom stereocenters. The number of anilines is 2.